The number of pyridine rings is 1. The molecule has 0 aliphatic heterocycles. The lowest BCUT2D eigenvalue weighted by atomic mass is 10.1. The van der Waals surface area contributed by atoms with Gasteiger partial charge >= 0.3 is 0 Å². The molecule has 0 saturated carbocycles. The summed E-state index contributed by atoms with van der Waals surface area (Å²) in [4.78, 5) is 4.30. The number of rotatable bonds is 4. The molecule has 1 heterocycles. The molecule has 3 heteroatoms. The summed E-state index contributed by atoms with van der Waals surface area (Å²) < 4.78 is 5.76. The Bertz CT molecular complexity index is 709. The van der Waals surface area contributed by atoms with Crippen LogP contribution in [0.3, 0.4) is 0 Å². The van der Waals surface area contributed by atoms with Gasteiger partial charge in [-0.25, -0.2) is 4.98 Å². The van der Waals surface area contributed by atoms with Crippen LogP contribution in [0.5, 0.6) is 5.75 Å². The van der Waals surface area contributed by atoms with E-state index < -0.39 is 0 Å². The number of hydrogen-bond donors (Lipinski definition) is 1. The van der Waals surface area contributed by atoms with Crippen molar-refractivity contribution in [2.75, 3.05) is 5.73 Å². The van der Waals surface area contributed by atoms with Crippen LogP contribution in [0.4, 0.5) is 5.82 Å². The predicted molar refractivity (Wildman–Crippen MR) is 84.9 cm³/mol. The highest BCUT2D eigenvalue weighted by atomic mass is 16.5. The molecule has 0 atom stereocenters. The Morgan fingerprint density at radius 1 is 0.810 bits per heavy atom. The minimum absolute atomic E-state index is 0.525. The maximum absolute atomic E-state index is 5.76. The summed E-state index contributed by atoms with van der Waals surface area (Å²) >= 11 is 0. The molecule has 0 spiro atoms. The topological polar surface area (TPSA) is 48.1 Å². The standard InChI is InChI=1S/C18H16N2O/c19-18-8-4-7-17(20-18)15-9-11-16(12-10-15)21-13-14-5-2-1-3-6-14/h1-12H,13H2,(H2,19,20). The van der Waals surface area contributed by atoms with Crippen molar-refractivity contribution >= 4 is 5.82 Å². The smallest absolute Gasteiger partial charge is 0.124 e. The number of nitrogens with zero attached hydrogens (tertiary/aromatic N) is 1. The Morgan fingerprint density at radius 3 is 2.29 bits per heavy atom. The van der Waals surface area contributed by atoms with Gasteiger partial charge in [0.15, 0.2) is 0 Å². The first-order valence-corrected chi connectivity index (χ1v) is 6.81. The third-order valence-corrected chi connectivity index (χ3v) is 3.17. The molecule has 3 rings (SSSR count). The molecule has 3 nitrogen and oxygen atoms in total. The van der Waals surface area contributed by atoms with Gasteiger partial charge in [-0.2, -0.15) is 0 Å². The monoisotopic (exact) mass is 276 g/mol. The zero-order valence-corrected chi connectivity index (χ0v) is 11.6. The van der Waals surface area contributed by atoms with Crippen molar-refractivity contribution in [3.63, 3.8) is 0 Å². The van der Waals surface area contributed by atoms with Crippen LogP contribution >= 0.6 is 0 Å². The van der Waals surface area contributed by atoms with Gasteiger partial charge in [0.2, 0.25) is 0 Å². The highest BCUT2D eigenvalue weighted by molar-refractivity contribution is 5.61. The normalized spacial score (nSPS) is 10.3. The molecule has 2 aromatic carbocycles. The molecule has 0 radical (unpaired) electrons. The molecule has 0 saturated heterocycles. The third-order valence-electron chi connectivity index (χ3n) is 3.17. The van der Waals surface area contributed by atoms with Crippen molar-refractivity contribution in [1.82, 2.24) is 4.98 Å². The second-order valence-corrected chi connectivity index (χ2v) is 4.75. The minimum atomic E-state index is 0.525. The molecule has 2 N–H and O–H groups in total. The zero-order chi connectivity index (χ0) is 14.5. The summed E-state index contributed by atoms with van der Waals surface area (Å²) in [5.41, 5.74) is 8.74. The van der Waals surface area contributed by atoms with Crippen molar-refractivity contribution in [1.29, 1.82) is 0 Å². The molecule has 0 aliphatic carbocycles. The molecule has 0 amide bonds. The summed E-state index contributed by atoms with van der Waals surface area (Å²) in [5.74, 6) is 1.36. The van der Waals surface area contributed by atoms with Gasteiger partial charge in [0.05, 0.1) is 5.69 Å². The average Bonchev–Trinajstić information content (AvgIpc) is 2.54. The molecule has 104 valence electrons. The van der Waals surface area contributed by atoms with E-state index in [4.69, 9.17) is 10.5 Å². The predicted octanol–water partition coefficient (Wildman–Crippen LogP) is 3.91. The number of nitrogen functional groups attached to an aromatic ring is 1. The van der Waals surface area contributed by atoms with Crippen LogP contribution in [0.25, 0.3) is 11.3 Å². The lowest BCUT2D eigenvalue weighted by Crippen LogP contribution is -1.95. The van der Waals surface area contributed by atoms with E-state index in [0.717, 1.165) is 22.6 Å². The first kappa shape index (κ1) is 13.2. The van der Waals surface area contributed by atoms with E-state index in [1.54, 1.807) is 6.07 Å². The highest BCUT2D eigenvalue weighted by Gasteiger charge is 2.01. The lowest BCUT2D eigenvalue weighted by Gasteiger charge is -2.07. The number of aromatic nitrogens is 1. The molecule has 3 aromatic rings. The van der Waals surface area contributed by atoms with E-state index in [9.17, 15) is 0 Å². The SMILES string of the molecule is Nc1cccc(-c2ccc(OCc3ccccc3)cc2)n1. The van der Waals surface area contributed by atoms with Gasteiger partial charge in [0.1, 0.15) is 18.2 Å². The fourth-order valence-electron chi connectivity index (χ4n) is 2.08. The second kappa shape index (κ2) is 6.09. The first-order chi connectivity index (χ1) is 10.3. The van der Waals surface area contributed by atoms with E-state index in [-0.39, 0.29) is 0 Å². The molecular formula is C18H16N2O. The fraction of sp³-hybridized carbons (Fsp3) is 0.0556. The summed E-state index contributed by atoms with van der Waals surface area (Å²) in [6.07, 6.45) is 0. The molecule has 1 aromatic heterocycles. The summed E-state index contributed by atoms with van der Waals surface area (Å²) in [7, 11) is 0. The van der Waals surface area contributed by atoms with Crippen molar-refractivity contribution in [3.05, 3.63) is 78.4 Å². The van der Waals surface area contributed by atoms with Crippen molar-refractivity contribution < 1.29 is 4.74 Å². The Balaban J connectivity index is 1.69. The van der Waals surface area contributed by atoms with Crippen LogP contribution in [-0.4, -0.2) is 4.98 Å². The number of nitrogens with two attached hydrogens (primary N) is 1. The van der Waals surface area contributed by atoms with E-state index in [1.807, 2.05) is 66.7 Å². The first-order valence-electron chi connectivity index (χ1n) is 6.81. The van der Waals surface area contributed by atoms with Gasteiger partial charge in [-0.3, -0.25) is 0 Å². The van der Waals surface area contributed by atoms with Crippen molar-refractivity contribution in [2.24, 2.45) is 0 Å². The maximum Gasteiger partial charge on any atom is 0.124 e. The van der Waals surface area contributed by atoms with E-state index in [0.29, 0.717) is 12.4 Å². The quantitative estimate of drug-likeness (QED) is 0.786. The van der Waals surface area contributed by atoms with Crippen LogP contribution in [0.1, 0.15) is 5.56 Å². The van der Waals surface area contributed by atoms with Gasteiger partial charge in [0.25, 0.3) is 0 Å². The number of hydrogen-bond acceptors (Lipinski definition) is 3. The number of anilines is 1. The van der Waals surface area contributed by atoms with Gasteiger partial charge in [-0.1, -0.05) is 36.4 Å². The van der Waals surface area contributed by atoms with Gasteiger partial charge in [0, 0.05) is 5.56 Å². The fourth-order valence-corrected chi connectivity index (χ4v) is 2.08. The second-order valence-electron chi connectivity index (χ2n) is 4.75. The number of ether oxygens (including phenoxy) is 1. The van der Waals surface area contributed by atoms with Crippen LogP contribution in [0.2, 0.25) is 0 Å². The molecule has 0 aliphatic rings. The van der Waals surface area contributed by atoms with Crippen LogP contribution in [0.15, 0.2) is 72.8 Å². The molecular weight excluding hydrogens is 260 g/mol. The Labute approximate surface area is 124 Å². The highest BCUT2D eigenvalue weighted by Crippen LogP contribution is 2.22. The van der Waals surface area contributed by atoms with Crippen molar-refractivity contribution in [2.45, 2.75) is 6.61 Å². The molecule has 21 heavy (non-hydrogen) atoms. The van der Waals surface area contributed by atoms with Crippen LogP contribution in [-0.2, 0) is 6.61 Å². The minimum Gasteiger partial charge on any atom is -0.489 e. The Hall–Kier alpha value is -2.81. The lowest BCUT2D eigenvalue weighted by molar-refractivity contribution is 0.306. The molecule has 0 fully saturated rings. The Kier molecular flexibility index (Phi) is 3.83. The third kappa shape index (κ3) is 3.39. The average molecular weight is 276 g/mol. The summed E-state index contributed by atoms with van der Waals surface area (Å²) in [6.45, 7) is 0.566. The summed E-state index contributed by atoms with van der Waals surface area (Å²) in [6, 6.07) is 23.6. The molecule has 0 bridgehead atoms. The molecule has 0 unspecified atom stereocenters. The number of benzene rings is 2. The summed E-state index contributed by atoms with van der Waals surface area (Å²) in [5, 5.41) is 0. The van der Waals surface area contributed by atoms with E-state index in [2.05, 4.69) is 4.98 Å². The van der Waals surface area contributed by atoms with E-state index >= 15 is 0 Å². The van der Waals surface area contributed by atoms with Gasteiger partial charge < -0.3 is 10.5 Å². The van der Waals surface area contributed by atoms with E-state index in [1.165, 1.54) is 0 Å². The zero-order valence-electron chi connectivity index (χ0n) is 11.6. The van der Waals surface area contributed by atoms with Gasteiger partial charge in [-0.15, -0.1) is 0 Å². The van der Waals surface area contributed by atoms with Gasteiger partial charge in [-0.05, 0) is 42.0 Å². The van der Waals surface area contributed by atoms with Crippen molar-refractivity contribution in [3.8, 4) is 17.0 Å². The maximum atomic E-state index is 5.76. The van der Waals surface area contributed by atoms with Crippen LogP contribution < -0.4 is 10.5 Å². The Morgan fingerprint density at radius 2 is 1.57 bits per heavy atom. The largest absolute Gasteiger partial charge is 0.489 e. The van der Waals surface area contributed by atoms with Crippen LogP contribution in [0, 0.1) is 0 Å².